The Morgan fingerprint density at radius 2 is 2.23 bits per heavy atom. The van der Waals surface area contributed by atoms with Gasteiger partial charge >= 0.3 is 0 Å². The summed E-state index contributed by atoms with van der Waals surface area (Å²) in [7, 11) is 0. The molecule has 1 aromatic carbocycles. The molecule has 3 N–H and O–H groups in total. The number of aromatic nitrogens is 3. The quantitative estimate of drug-likeness (QED) is 0.651. The largest absolute Gasteiger partial charge is 0.391 e. The third-order valence-electron chi connectivity index (χ3n) is 5.07. The lowest BCUT2D eigenvalue weighted by atomic mass is 10.1. The molecule has 1 fully saturated rings. The van der Waals surface area contributed by atoms with E-state index < -0.39 is 6.10 Å². The van der Waals surface area contributed by atoms with Crippen molar-refractivity contribution in [1.29, 1.82) is 0 Å². The molecule has 1 unspecified atom stereocenters. The molecule has 136 valence electrons. The molecule has 0 bridgehead atoms. The summed E-state index contributed by atoms with van der Waals surface area (Å²) in [6.07, 6.45) is 4.77. The van der Waals surface area contributed by atoms with Gasteiger partial charge in [-0.1, -0.05) is 0 Å². The first-order chi connectivity index (χ1) is 12.6. The first-order valence-electron chi connectivity index (χ1n) is 8.79. The molecule has 3 atom stereocenters. The Morgan fingerprint density at radius 1 is 1.35 bits per heavy atom. The topological polar surface area (TPSA) is 82.9 Å². The van der Waals surface area contributed by atoms with Crippen LogP contribution in [0.25, 0.3) is 10.9 Å². The standard InChI is InChI=1S/C19H21FN4O2/c20-15-3-2-13-8-14(19(26)23-16(13)9-15)10-21-17-6-12(7-18(17)25)11-24-5-1-4-22-24/h1-5,8-9,12,17-18,21,25H,6-7,10-11H2,(H,23,26)/t12?,17-,18-/m1/s1. The molecule has 0 amide bonds. The number of nitrogens with one attached hydrogen (secondary N) is 2. The van der Waals surface area contributed by atoms with Crippen LogP contribution in [-0.4, -0.2) is 32.0 Å². The fourth-order valence-corrected chi connectivity index (χ4v) is 3.75. The highest BCUT2D eigenvalue weighted by Gasteiger charge is 2.32. The minimum Gasteiger partial charge on any atom is -0.391 e. The highest BCUT2D eigenvalue weighted by molar-refractivity contribution is 5.78. The molecule has 1 aliphatic carbocycles. The van der Waals surface area contributed by atoms with Gasteiger partial charge in [0.25, 0.3) is 5.56 Å². The van der Waals surface area contributed by atoms with Crippen molar-refractivity contribution in [3.05, 3.63) is 64.5 Å². The summed E-state index contributed by atoms with van der Waals surface area (Å²) in [6, 6.07) is 7.93. The Bertz CT molecular complexity index is 954. The van der Waals surface area contributed by atoms with Gasteiger partial charge in [0.2, 0.25) is 0 Å². The molecule has 3 aromatic rings. The lowest BCUT2D eigenvalue weighted by Gasteiger charge is -2.16. The zero-order chi connectivity index (χ0) is 18.1. The van der Waals surface area contributed by atoms with E-state index in [0.717, 1.165) is 18.4 Å². The van der Waals surface area contributed by atoms with Crippen LogP contribution in [0.1, 0.15) is 18.4 Å². The summed E-state index contributed by atoms with van der Waals surface area (Å²) in [5.41, 5.74) is 0.821. The molecule has 4 rings (SSSR count). The van der Waals surface area contributed by atoms with Crippen LogP contribution in [0.3, 0.4) is 0 Å². The molecule has 1 saturated carbocycles. The number of nitrogens with zero attached hydrogens (tertiary/aromatic N) is 2. The van der Waals surface area contributed by atoms with E-state index in [4.69, 9.17) is 0 Å². The highest BCUT2D eigenvalue weighted by atomic mass is 19.1. The molecule has 6 nitrogen and oxygen atoms in total. The van der Waals surface area contributed by atoms with E-state index in [1.54, 1.807) is 18.3 Å². The minimum absolute atomic E-state index is 0.0566. The Labute approximate surface area is 149 Å². The Morgan fingerprint density at radius 3 is 3.04 bits per heavy atom. The number of H-pyrrole nitrogens is 1. The van der Waals surface area contributed by atoms with Gasteiger partial charge in [0.15, 0.2) is 0 Å². The van der Waals surface area contributed by atoms with Gasteiger partial charge in [-0.3, -0.25) is 9.48 Å². The van der Waals surface area contributed by atoms with Gasteiger partial charge in [0.1, 0.15) is 5.82 Å². The summed E-state index contributed by atoms with van der Waals surface area (Å²) >= 11 is 0. The second kappa shape index (κ2) is 7.01. The number of aromatic amines is 1. The molecule has 0 saturated heterocycles. The predicted octanol–water partition coefficient (Wildman–Crippen LogP) is 1.79. The second-order valence-corrected chi connectivity index (χ2v) is 6.98. The lowest BCUT2D eigenvalue weighted by molar-refractivity contribution is 0.145. The van der Waals surface area contributed by atoms with Crippen LogP contribution in [0.4, 0.5) is 4.39 Å². The number of fused-ring (bicyclic) bond motifs is 1. The van der Waals surface area contributed by atoms with E-state index in [-0.39, 0.29) is 17.4 Å². The molecular formula is C19H21FN4O2. The van der Waals surface area contributed by atoms with Gasteiger partial charge in [-0.2, -0.15) is 5.10 Å². The number of halogens is 1. The van der Waals surface area contributed by atoms with E-state index in [1.807, 2.05) is 16.9 Å². The van der Waals surface area contributed by atoms with Gasteiger partial charge in [0, 0.05) is 37.1 Å². The second-order valence-electron chi connectivity index (χ2n) is 6.98. The van der Waals surface area contributed by atoms with Crippen LogP contribution < -0.4 is 10.9 Å². The maximum atomic E-state index is 13.3. The number of aliphatic hydroxyl groups is 1. The molecule has 0 aliphatic heterocycles. The molecule has 7 heteroatoms. The van der Waals surface area contributed by atoms with Gasteiger partial charge in [0.05, 0.1) is 11.6 Å². The summed E-state index contributed by atoms with van der Waals surface area (Å²) in [4.78, 5) is 14.9. The highest BCUT2D eigenvalue weighted by Crippen LogP contribution is 2.27. The van der Waals surface area contributed by atoms with Gasteiger partial charge < -0.3 is 15.4 Å². The van der Waals surface area contributed by atoms with Gasteiger partial charge in [-0.05, 0) is 54.5 Å². The fraction of sp³-hybridized carbons (Fsp3) is 0.368. The van der Waals surface area contributed by atoms with Crippen molar-refractivity contribution in [1.82, 2.24) is 20.1 Å². The zero-order valence-corrected chi connectivity index (χ0v) is 14.2. The van der Waals surface area contributed by atoms with E-state index in [1.165, 1.54) is 12.1 Å². The average molecular weight is 356 g/mol. The SMILES string of the molecule is O=c1[nH]c2cc(F)ccc2cc1CN[C@@H]1CC(Cn2cccn2)C[C@H]1O. The van der Waals surface area contributed by atoms with Crippen molar-refractivity contribution in [2.45, 2.75) is 38.1 Å². The van der Waals surface area contributed by atoms with Crippen LogP contribution in [-0.2, 0) is 13.1 Å². The number of hydrogen-bond acceptors (Lipinski definition) is 4. The van der Waals surface area contributed by atoms with Crippen molar-refractivity contribution >= 4 is 10.9 Å². The van der Waals surface area contributed by atoms with Crippen molar-refractivity contribution < 1.29 is 9.50 Å². The third kappa shape index (κ3) is 3.54. The molecule has 2 heterocycles. The third-order valence-corrected chi connectivity index (χ3v) is 5.07. The normalized spacial score (nSPS) is 22.9. The number of rotatable bonds is 5. The Balaban J connectivity index is 1.42. The number of benzene rings is 1. The molecule has 1 aliphatic rings. The van der Waals surface area contributed by atoms with Crippen molar-refractivity contribution in [2.24, 2.45) is 5.92 Å². The van der Waals surface area contributed by atoms with Gasteiger partial charge in [-0.25, -0.2) is 4.39 Å². The van der Waals surface area contributed by atoms with E-state index in [2.05, 4.69) is 15.4 Å². The summed E-state index contributed by atoms with van der Waals surface area (Å²) in [5, 5.41) is 18.6. The predicted molar refractivity (Wildman–Crippen MR) is 96.1 cm³/mol. The average Bonchev–Trinajstić information content (AvgIpc) is 3.23. The summed E-state index contributed by atoms with van der Waals surface area (Å²) in [5.74, 6) is -0.0309. The number of hydrogen-bond donors (Lipinski definition) is 3. The maximum Gasteiger partial charge on any atom is 0.252 e. The summed E-state index contributed by atoms with van der Waals surface area (Å²) < 4.78 is 15.2. The first kappa shape index (κ1) is 16.9. The van der Waals surface area contributed by atoms with Gasteiger partial charge in [-0.15, -0.1) is 0 Å². The molecule has 26 heavy (non-hydrogen) atoms. The van der Waals surface area contributed by atoms with Crippen LogP contribution in [0, 0.1) is 11.7 Å². The minimum atomic E-state index is -0.441. The van der Waals surface area contributed by atoms with Crippen LogP contribution in [0.15, 0.2) is 47.5 Å². The Kier molecular flexibility index (Phi) is 4.57. The molecule has 0 spiro atoms. The van der Waals surface area contributed by atoms with Crippen LogP contribution in [0.5, 0.6) is 0 Å². The smallest absolute Gasteiger partial charge is 0.252 e. The van der Waals surface area contributed by atoms with E-state index in [9.17, 15) is 14.3 Å². The lowest BCUT2D eigenvalue weighted by Crippen LogP contribution is -2.36. The van der Waals surface area contributed by atoms with Crippen LogP contribution in [0.2, 0.25) is 0 Å². The van der Waals surface area contributed by atoms with E-state index >= 15 is 0 Å². The molecular weight excluding hydrogens is 335 g/mol. The number of pyridine rings is 1. The van der Waals surface area contributed by atoms with Crippen molar-refractivity contribution in [2.75, 3.05) is 0 Å². The molecule has 0 radical (unpaired) electrons. The molecule has 2 aromatic heterocycles. The Hall–Kier alpha value is -2.51. The van der Waals surface area contributed by atoms with Crippen molar-refractivity contribution in [3.8, 4) is 0 Å². The maximum absolute atomic E-state index is 13.3. The first-order valence-corrected chi connectivity index (χ1v) is 8.79. The monoisotopic (exact) mass is 356 g/mol. The fourth-order valence-electron chi connectivity index (χ4n) is 3.75. The number of aliphatic hydroxyl groups excluding tert-OH is 1. The zero-order valence-electron chi connectivity index (χ0n) is 14.2. The van der Waals surface area contributed by atoms with Crippen molar-refractivity contribution in [3.63, 3.8) is 0 Å². The summed E-state index contributed by atoms with van der Waals surface area (Å²) in [6.45, 7) is 1.14. The van der Waals surface area contributed by atoms with E-state index in [0.29, 0.717) is 30.0 Å². The van der Waals surface area contributed by atoms with Crippen LogP contribution >= 0.6 is 0 Å².